The van der Waals surface area contributed by atoms with Crippen molar-refractivity contribution in [3.8, 4) is 11.4 Å². The van der Waals surface area contributed by atoms with Crippen LogP contribution in [0.5, 0.6) is 0 Å². The number of rotatable bonds is 4. The Balaban J connectivity index is 2.27. The van der Waals surface area contributed by atoms with Crippen molar-refractivity contribution in [1.82, 2.24) is 10.1 Å². The van der Waals surface area contributed by atoms with E-state index in [-0.39, 0.29) is 5.89 Å². The van der Waals surface area contributed by atoms with Crippen LogP contribution in [-0.4, -0.2) is 22.7 Å². The molecule has 96 valence electrons. The molecule has 0 N–H and O–H groups in total. The summed E-state index contributed by atoms with van der Waals surface area (Å²) in [7, 11) is 0. The largest absolute Gasteiger partial charge is 0.472 e. The van der Waals surface area contributed by atoms with Gasteiger partial charge in [0.2, 0.25) is 11.7 Å². The molecular weight excluding hydrogens is 236 g/mol. The SMILES string of the molecule is CCOC(=O)C(C)(C)c1nc(-c2ccoc2)no1. The Morgan fingerprint density at radius 3 is 2.89 bits per heavy atom. The average Bonchev–Trinajstić information content (AvgIpc) is 3.00. The van der Waals surface area contributed by atoms with E-state index in [1.54, 1.807) is 26.8 Å². The van der Waals surface area contributed by atoms with Crippen LogP contribution in [0.4, 0.5) is 0 Å². The van der Waals surface area contributed by atoms with Gasteiger partial charge in [-0.25, -0.2) is 0 Å². The highest BCUT2D eigenvalue weighted by Crippen LogP contribution is 2.26. The van der Waals surface area contributed by atoms with Gasteiger partial charge in [-0.05, 0) is 26.8 Å². The van der Waals surface area contributed by atoms with Crippen LogP contribution in [-0.2, 0) is 14.9 Å². The van der Waals surface area contributed by atoms with Crippen molar-refractivity contribution in [3.63, 3.8) is 0 Å². The first-order chi connectivity index (χ1) is 8.55. The highest BCUT2D eigenvalue weighted by Gasteiger charge is 2.37. The quantitative estimate of drug-likeness (QED) is 0.774. The summed E-state index contributed by atoms with van der Waals surface area (Å²) in [5.41, 5.74) is -0.269. The third-order valence-corrected chi connectivity index (χ3v) is 2.53. The molecule has 0 radical (unpaired) electrons. The van der Waals surface area contributed by atoms with Gasteiger partial charge in [-0.3, -0.25) is 4.79 Å². The molecule has 0 aliphatic heterocycles. The van der Waals surface area contributed by atoms with Crippen molar-refractivity contribution in [2.24, 2.45) is 0 Å². The molecule has 18 heavy (non-hydrogen) atoms. The van der Waals surface area contributed by atoms with Gasteiger partial charge in [-0.1, -0.05) is 5.16 Å². The van der Waals surface area contributed by atoms with Crippen molar-refractivity contribution < 1.29 is 18.5 Å². The second-order valence-corrected chi connectivity index (χ2v) is 4.28. The van der Waals surface area contributed by atoms with E-state index in [2.05, 4.69) is 10.1 Å². The molecular formula is C12H14N2O4. The monoisotopic (exact) mass is 250 g/mol. The Morgan fingerprint density at radius 2 is 2.28 bits per heavy atom. The van der Waals surface area contributed by atoms with Crippen LogP contribution in [0.15, 0.2) is 27.5 Å². The van der Waals surface area contributed by atoms with Crippen LogP contribution >= 0.6 is 0 Å². The zero-order chi connectivity index (χ0) is 13.2. The van der Waals surface area contributed by atoms with E-state index in [1.807, 2.05) is 0 Å². The van der Waals surface area contributed by atoms with E-state index in [9.17, 15) is 4.79 Å². The van der Waals surface area contributed by atoms with Crippen LogP contribution in [0, 0.1) is 0 Å². The van der Waals surface area contributed by atoms with Crippen LogP contribution in [0.3, 0.4) is 0 Å². The second kappa shape index (κ2) is 4.64. The number of carbonyl (C=O) groups excluding carboxylic acids is 1. The molecule has 6 nitrogen and oxygen atoms in total. The summed E-state index contributed by atoms with van der Waals surface area (Å²) < 4.78 is 15.0. The van der Waals surface area contributed by atoms with Gasteiger partial charge in [0.1, 0.15) is 11.7 Å². The van der Waals surface area contributed by atoms with E-state index in [0.717, 1.165) is 0 Å². The van der Waals surface area contributed by atoms with Crippen molar-refractivity contribution in [2.75, 3.05) is 6.61 Å². The second-order valence-electron chi connectivity index (χ2n) is 4.28. The third-order valence-electron chi connectivity index (χ3n) is 2.53. The lowest BCUT2D eigenvalue weighted by Gasteiger charge is -2.16. The molecule has 2 aromatic rings. The number of esters is 1. The fourth-order valence-corrected chi connectivity index (χ4v) is 1.39. The molecule has 0 saturated heterocycles. The minimum absolute atomic E-state index is 0.220. The van der Waals surface area contributed by atoms with Gasteiger partial charge < -0.3 is 13.7 Å². The predicted molar refractivity (Wildman–Crippen MR) is 61.7 cm³/mol. The fourth-order valence-electron chi connectivity index (χ4n) is 1.39. The number of hydrogen-bond acceptors (Lipinski definition) is 6. The van der Waals surface area contributed by atoms with E-state index in [4.69, 9.17) is 13.7 Å². The van der Waals surface area contributed by atoms with Crippen LogP contribution in [0.1, 0.15) is 26.7 Å². The first-order valence-corrected chi connectivity index (χ1v) is 5.59. The molecule has 6 heteroatoms. The Morgan fingerprint density at radius 1 is 1.50 bits per heavy atom. The summed E-state index contributed by atoms with van der Waals surface area (Å²) in [5.74, 6) is 0.209. The minimum atomic E-state index is -0.967. The lowest BCUT2D eigenvalue weighted by atomic mass is 9.94. The van der Waals surface area contributed by atoms with Crippen molar-refractivity contribution >= 4 is 5.97 Å². The zero-order valence-corrected chi connectivity index (χ0v) is 10.5. The van der Waals surface area contributed by atoms with Gasteiger partial charge in [0.05, 0.1) is 18.4 Å². The number of nitrogens with zero attached hydrogens (tertiary/aromatic N) is 2. The Kier molecular flexibility index (Phi) is 3.18. The highest BCUT2D eigenvalue weighted by atomic mass is 16.5. The zero-order valence-electron chi connectivity index (χ0n) is 10.5. The van der Waals surface area contributed by atoms with Crippen LogP contribution in [0.2, 0.25) is 0 Å². The summed E-state index contributed by atoms with van der Waals surface area (Å²) in [6.07, 6.45) is 3.02. The first-order valence-electron chi connectivity index (χ1n) is 5.59. The molecule has 0 spiro atoms. The highest BCUT2D eigenvalue weighted by molar-refractivity contribution is 5.80. The summed E-state index contributed by atoms with van der Waals surface area (Å²) >= 11 is 0. The van der Waals surface area contributed by atoms with Gasteiger partial charge in [-0.15, -0.1) is 0 Å². The van der Waals surface area contributed by atoms with Crippen molar-refractivity contribution in [1.29, 1.82) is 0 Å². The molecule has 0 fully saturated rings. The van der Waals surface area contributed by atoms with Gasteiger partial charge >= 0.3 is 5.97 Å². The smallest absolute Gasteiger partial charge is 0.321 e. The molecule has 2 aromatic heterocycles. The summed E-state index contributed by atoms with van der Waals surface area (Å²) in [4.78, 5) is 16.0. The molecule has 0 bridgehead atoms. The van der Waals surface area contributed by atoms with E-state index >= 15 is 0 Å². The molecule has 0 amide bonds. The maximum Gasteiger partial charge on any atom is 0.321 e. The lowest BCUT2D eigenvalue weighted by Crippen LogP contribution is -2.31. The molecule has 2 heterocycles. The van der Waals surface area contributed by atoms with Gasteiger partial charge in [0.25, 0.3) is 0 Å². The lowest BCUT2D eigenvalue weighted by molar-refractivity contribution is -0.149. The predicted octanol–water partition coefficient (Wildman–Crippen LogP) is 2.17. The Hall–Kier alpha value is -2.11. The number of aromatic nitrogens is 2. The third kappa shape index (κ3) is 2.13. The van der Waals surface area contributed by atoms with Crippen molar-refractivity contribution in [2.45, 2.75) is 26.2 Å². The molecule has 0 aromatic carbocycles. The fraction of sp³-hybridized carbons (Fsp3) is 0.417. The number of furan rings is 1. The average molecular weight is 250 g/mol. The van der Waals surface area contributed by atoms with E-state index in [1.165, 1.54) is 12.5 Å². The molecule has 0 aliphatic carbocycles. The van der Waals surface area contributed by atoms with Crippen LogP contribution < -0.4 is 0 Å². The molecule has 0 unspecified atom stereocenters. The number of carbonyl (C=O) groups is 1. The first kappa shape index (κ1) is 12.3. The maximum atomic E-state index is 11.8. The standard InChI is InChI=1S/C12H14N2O4/c1-4-17-11(15)12(2,3)10-13-9(14-18-10)8-5-6-16-7-8/h5-7H,4H2,1-3H3. The van der Waals surface area contributed by atoms with Crippen molar-refractivity contribution in [3.05, 3.63) is 24.5 Å². The maximum absolute atomic E-state index is 11.8. The van der Waals surface area contributed by atoms with E-state index in [0.29, 0.717) is 18.0 Å². The summed E-state index contributed by atoms with van der Waals surface area (Å²) in [6.45, 7) is 5.42. The normalized spacial score (nSPS) is 11.5. The number of ether oxygens (including phenoxy) is 1. The van der Waals surface area contributed by atoms with Gasteiger partial charge in [-0.2, -0.15) is 4.98 Å². The molecule has 0 saturated carbocycles. The van der Waals surface area contributed by atoms with Gasteiger partial charge in [0.15, 0.2) is 0 Å². The topological polar surface area (TPSA) is 78.4 Å². The Labute approximate surface area is 104 Å². The van der Waals surface area contributed by atoms with E-state index < -0.39 is 11.4 Å². The molecule has 0 atom stereocenters. The van der Waals surface area contributed by atoms with Crippen LogP contribution in [0.25, 0.3) is 11.4 Å². The summed E-state index contributed by atoms with van der Waals surface area (Å²) in [6, 6.07) is 1.71. The Bertz CT molecular complexity index is 528. The molecule has 0 aliphatic rings. The minimum Gasteiger partial charge on any atom is -0.472 e. The number of hydrogen-bond donors (Lipinski definition) is 0. The summed E-state index contributed by atoms with van der Waals surface area (Å²) in [5, 5.41) is 3.81. The van der Waals surface area contributed by atoms with Gasteiger partial charge in [0, 0.05) is 0 Å². The molecule has 2 rings (SSSR count).